The van der Waals surface area contributed by atoms with Crippen molar-refractivity contribution < 1.29 is 23.5 Å². The van der Waals surface area contributed by atoms with E-state index in [2.05, 4.69) is 15.3 Å². The average Bonchev–Trinajstić information content (AvgIpc) is 3.52. The lowest BCUT2D eigenvalue weighted by Crippen LogP contribution is -2.47. The standard InChI is InChI=1S/C23H27ClFN5O4/c24-17-8-5-14(25)10-18(17)29-22(32)13-3-6-15(7-4-13)30(11-16-2-1-9-34-16)23(33)20-19(21(26)31)27-12-28-20/h5,8,10,12-13,15-16H,1-4,6-7,9,11H2,(H2,26,31)(H,27,28)(H,29,32). The van der Waals surface area contributed by atoms with Gasteiger partial charge in [0.1, 0.15) is 11.5 Å². The van der Waals surface area contributed by atoms with E-state index in [0.717, 1.165) is 12.8 Å². The van der Waals surface area contributed by atoms with Crippen LogP contribution >= 0.6 is 11.6 Å². The van der Waals surface area contributed by atoms with E-state index in [0.29, 0.717) is 38.8 Å². The number of nitrogens with two attached hydrogens (primary N) is 1. The predicted molar refractivity (Wildman–Crippen MR) is 123 cm³/mol. The van der Waals surface area contributed by atoms with Gasteiger partial charge in [0.05, 0.1) is 23.1 Å². The molecule has 9 nitrogen and oxygen atoms in total. The Balaban J connectivity index is 1.44. The fourth-order valence-electron chi connectivity index (χ4n) is 4.67. The number of aromatic amines is 1. The van der Waals surface area contributed by atoms with Crippen molar-refractivity contribution in [3.05, 3.63) is 46.8 Å². The summed E-state index contributed by atoms with van der Waals surface area (Å²) in [6, 6.07) is 3.68. The number of nitrogens with zero attached hydrogens (tertiary/aromatic N) is 2. The number of rotatable bonds is 7. The molecule has 1 aromatic carbocycles. The molecule has 1 aliphatic heterocycles. The van der Waals surface area contributed by atoms with E-state index < -0.39 is 11.7 Å². The normalized spacial score (nSPS) is 22.4. The van der Waals surface area contributed by atoms with Crippen molar-refractivity contribution in [2.75, 3.05) is 18.5 Å². The van der Waals surface area contributed by atoms with Gasteiger partial charge in [0, 0.05) is 25.1 Å². The Morgan fingerprint density at radius 2 is 2.00 bits per heavy atom. The van der Waals surface area contributed by atoms with Crippen LogP contribution in [0.4, 0.5) is 10.1 Å². The molecule has 3 amide bonds. The number of nitrogens with one attached hydrogen (secondary N) is 2. The van der Waals surface area contributed by atoms with E-state index >= 15 is 0 Å². The van der Waals surface area contributed by atoms with Gasteiger partial charge in [0.15, 0.2) is 5.69 Å². The van der Waals surface area contributed by atoms with Gasteiger partial charge >= 0.3 is 0 Å². The van der Waals surface area contributed by atoms with Gasteiger partial charge < -0.3 is 25.7 Å². The van der Waals surface area contributed by atoms with Crippen LogP contribution in [0.2, 0.25) is 5.02 Å². The number of ether oxygens (including phenoxy) is 1. The van der Waals surface area contributed by atoms with Gasteiger partial charge in [-0.05, 0) is 56.7 Å². The van der Waals surface area contributed by atoms with Gasteiger partial charge in [0.25, 0.3) is 11.8 Å². The van der Waals surface area contributed by atoms with E-state index in [1.165, 1.54) is 24.5 Å². The van der Waals surface area contributed by atoms with Gasteiger partial charge in [-0.1, -0.05) is 11.6 Å². The Bertz CT molecular complexity index is 1060. The van der Waals surface area contributed by atoms with Crippen molar-refractivity contribution >= 4 is 35.0 Å². The molecule has 2 aromatic rings. The molecule has 0 radical (unpaired) electrons. The molecule has 34 heavy (non-hydrogen) atoms. The van der Waals surface area contributed by atoms with Crippen LogP contribution in [0.15, 0.2) is 24.5 Å². The molecule has 2 aliphatic rings. The Hall–Kier alpha value is -2.98. The third-order valence-corrected chi connectivity index (χ3v) is 6.80. The fourth-order valence-corrected chi connectivity index (χ4v) is 4.84. The molecule has 1 aromatic heterocycles. The minimum Gasteiger partial charge on any atom is -0.376 e. The molecule has 11 heteroatoms. The van der Waals surface area contributed by atoms with Gasteiger partial charge in [-0.2, -0.15) is 0 Å². The van der Waals surface area contributed by atoms with Gasteiger partial charge in [-0.3, -0.25) is 14.4 Å². The number of H-pyrrole nitrogens is 1. The SMILES string of the molecule is NC(=O)c1nc[nH]c1C(=O)N(CC1CCCO1)C1CCC(C(=O)Nc2cc(F)ccc2Cl)CC1. The zero-order valence-electron chi connectivity index (χ0n) is 18.6. The zero-order valence-corrected chi connectivity index (χ0v) is 19.3. The molecule has 1 saturated carbocycles. The first-order valence-electron chi connectivity index (χ1n) is 11.3. The van der Waals surface area contributed by atoms with Crippen LogP contribution in [0.3, 0.4) is 0 Å². The monoisotopic (exact) mass is 491 g/mol. The third kappa shape index (κ3) is 5.39. The average molecular weight is 492 g/mol. The topological polar surface area (TPSA) is 130 Å². The lowest BCUT2D eigenvalue weighted by Gasteiger charge is -2.37. The maximum absolute atomic E-state index is 13.5. The molecule has 4 rings (SSSR count). The fraction of sp³-hybridized carbons (Fsp3) is 0.478. The number of halogens is 2. The summed E-state index contributed by atoms with van der Waals surface area (Å²) < 4.78 is 19.3. The maximum atomic E-state index is 13.5. The van der Waals surface area contributed by atoms with Crippen LogP contribution in [-0.2, 0) is 9.53 Å². The highest BCUT2D eigenvalue weighted by Crippen LogP contribution is 2.32. The summed E-state index contributed by atoms with van der Waals surface area (Å²) >= 11 is 6.07. The summed E-state index contributed by atoms with van der Waals surface area (Å²) in [5.41, 5.74) is 5.58. The van der Waals surface area contributed by atoms with Crippen molar-refractivity contribution in [3.8, 4) is 0 Å². The summed E-state index contributed by atoms with van der Waals surface area (Å²) in [6.45, 7) is 1.04. The second-order valence-corrected chi connectivity index (χ2v) is 9.11. The smallest absolute Gasteiger partial charge is 0.273 e. The first kappa shape index (κ1) is 24.2. The number of hydrogen-bond donors (Lipinski definition) is 3. The Morgan fingerprint density at radius 3 is 2.68 bits per heavy atom. The van der Waals surface area contributed by atoms with Crippen molar-refractivity contribution in [1.29, 1.82) is 0 Å². The summed E-state index contributed by atoms with van der Waals surface area (Å²) in [5.74, 6) is -2.14. The predicted octanol–water partition coefficient (Wildman–Crippen LogP) is 3.12. The number of benzene rings is 1. The number of amides is 3. The molecule has 1 saturated heterocycles. The number of hydrogen-bond acceptors (Lipinski definition) is 5. The van der Waals surface area contributed by atoms with Crippen LogP contribution in [0, 0.1) is 11.7 Å². The van der Waals surface area contributed by atoms with Crippen molar-refractivity contribution in [2.45, 2.75) is 50.7 Å². The van der Waals surface area contributed by atoms with E-state index in [9.17, 15) is 18.8 Å². The Morgan fingerprint density at radius 1 is 1.24 bits per heavy atom. The van der Waals surface area contributed by atoms with E-state index in [-0.39, 0.29) is 52.0 Å². The second-order valence-electron chi connectivity index (χ2n) is 8.70. The lowest BCUT2D eigenvalue weighted by molar-refractivity contribution is -0.121. The number of aromatic nitrogens is 2. The Labute approximate surface area is 201 Å². The molecule has 1 atom stereocenters. The number of carbonyl (C=O) groups excluding carboxylic acids is 3. The van der Waals surface area contributed by atoms with E-state index in [1.807, 2.05) is 0 Å². The molecule has 2 heterocycles. The maximum Gasteiger partial charge on any atom is 0.273 e. The summed E-state index contributed by atoms with van der Waals surface area (Å²) in [6.07, 6.45) is 5.24. The zero-order chi connectivity index (χ0) is 24.2. The molecular formula is C23H27ClFN5O4. The van der Waals surface area contributed by atoms with Crippen LogP contribution in [0.5, 0.6) is 0 Å². The van der Waals surface area contributed by atoms with Crippen molar-refractivity contribution in [1.82, 2.24) is 14.9 Å². The largest absolute Gasteiger partial charge is 0.376 e. The molecular weight excluding hydrogens is 465 g/mol. The van der Waals surface area contributed by atoms with E-state index in [1.54, 1.807) is 4.90 Å². The highest BCUT2D eigenvalue weighted by Gasteiger charge is 2.35. The summed E-state index contributed by atoms with van der Waals surface area (Å²) in [5, 5.41) is 2.98. The second kappa shape index (κ2) is 10.5. The highest BCUT2D eigenvalue weighted by atomic mass is 35.5. The van der Waals surface area contributed by atoms with Gasteiger partial charge in [-0.25, -0.2) is 9.37 Å². The Kier molecular flexibility index (Phi) is 7.47. The summed E-state index contributed by atoms with van der Waals surface area (Å²) in [7, 11) is 0. The molecule has 4 N–H and O–H groups in total. The first-order valence-corrected chi connectivity index (χ1v) is 11.7. The number of imidazole rings is 1. The molecule has 0 spiro atoms. The lowest BCUT2D eigenvalue weighted by atomic mass is 9.84. The van der Waals surface area contributed by atoms with Crippen molar-refractivity contribution in [2.24, 2.45) is 11.7 Å². The van der Waals surface area contributed by atoms with E-state index in [4.69, 9.17) is 22.1 Å². The van der Waals surface area contributed by atoms with Crippen LogP contribution in [0.25, 0.3) is 0 Å². The minimum atomic E-state index is -0.780. The van der Waals surface area contributed by atoms with Crippen LogP contribution in [-0.4, -0.2) is 57.9 Å². The van der Waals surface area contributed by atoms with Gasteiger partial charge in [0.2, 0.25) is 5.91 Å². The number of anilines is 1. The molecule has 1 aliphatic carbocycles. The molecule has 2 fully saturated rings. The third-order valence-electron chi connectivity index (χ3n) is 6.47. The van der Waals surface area contributed by atoms with Crippen LogP contribution < -0.4 is 11.1 Å². The number of primary amides is 1. The van der Waals surface area contributed by atoms with Crippen LogP contribution in [0.1, 0.15) is 59.5 Å². The first-order chi connectivity index (χ1) is 16.3. The quantitative estimate of drug-likeness (QED) is 0.547. The number of carbonyl (C=O) groups is 3. The molecule has 1 unspecified atom stereocenters. The molecule has 0 bridgehead atoms. The summed E-state index contributed by atoms with van der Waals surface area (Å²) in [4.78, 5) is 46.2. The van der Waals surface area contributed by atoms with Gasteiger partial charge in [-0.15, -0.1) is 0 Å². The molecule has 182 valence electrons. The highest BCUT2D eigenvalue weighted by molar-refractivity contribution is 6.33. The van der Waals surface area contributed by atoms with Crippen molar-refractivity contribution in [3.63, 3.8) is 0 Å². The minimum absolute atomic E-state index is 0.0612.